The van der Waals surface area contributed by atoms with Gasteiger partial charge in [-0.05, 0) is 37.0 Å². The Labute approximate surface area is 114 Å². The molecule has 0 radical (unpaired) electrons. The minimum Gasteiger partial charge on any atom is -0.496 e. The van der Waals surface area contributed by atoms with Gasteiger partial charge in [0, 0.05) is 6.54 Å². The SMILES string of the molecule is COc1cc(CNC(=O)C2(N)CCCC2)ccc1C. The van der Waals surface area contributed by atoms with Crippen LogP contribution in [0.25, 0.3) is 0 Å². The van der Waals surface area contributed by atoms with E-state index in [0.29, 0.717) is 6.54 Å². The number of nitrogens with two attached hydrogens (primary N) is 1. The molecule has 1 aromatic carbocycles. The third-order valence-electron chi connectivity index (χ3n) is 3.87. The number of aryl methyl sites for hydroxylation is 1. The topological polar surface area (TPSA) is 64.3 Å². The molecule has 1 saturated carbocycles. The van der Waals surface area contributed by atoms with Crippen molar-refractivity contribution >= 4 is 5.91 Å². The third kappa shape index (κ3) is 3.07. The highest BCUT2D eigenvalue weighted by Crippen LogP contribution is 2.27. The Morgan fingerprint density at radius 3 is 2.74 bits per heavy atom. The molecule has 4 nitrogen and oxygen atoms in total. The summed E-state index contributed by atoms with van der Waals surface area (Å²) in [6.45, 7) is 2.49. The highest BCUT2D eigenvalue weighted by atomic mass is 16.5. The Morgan fingerprint density at radius 2 is 2.11 bits per heavy atom. The number of hydrogen-bond acceptors (Lipinski definition) is 3. The van der Waals surface area contributed by atoms with Gasteiger partial charge in [0.05, 0.1) is 12.6 Å². The van der Waals surface area contributed by atoms with Crippen molar-refractivity contribution in [2.75, 3.05) is 7.11 Å². The van der Waals surface area contributed by atoms with Gasteiger partial charge in [-0.25, -0.2) is 0 Å². The molecule has 0 aliphatic heterocycles. The van der Waals surface area contributed by atoms with Gasteiger partial charge < -0.3 is 15.8 Å². The molecule has 1 aliphatic rings. The molecule has 0 heterocycles. The lowest BCUT2D eigenvalue weighted by molar-refractivity contribution is -0.126. The van der Waals surface area contributed by atoms with E-state index in [1.54, 1.807) is 7.11 Å². The Hall–Kier alpha value is -1.55. The fourth-order valence-corrected chi connectivity index (χ4v) is 2.57. The average molecular weight is 262 g/mol. The number of hydrogen-bond donors (Lipinski definition) is 2. The van der Waals surface area contributed by atoms with Crippen LogP contribution in [-0.2, 0) is 11.3 Å². The first-order valence-electron chi connectivity index (χ1n) is 6.76. The van der Waals surface area contributed by atoms with Gasteiger partial charge in [-0.1, -0.05) is 25.0 Å². The van der Waals surface area contributed by atoms with Crippen LogP contribution in [0.1, 0.15) is 36.8 Å². The number of ether oxygens (including phenoxy) is 1. The Balaban J connectivity index is 1.97. The molecule has 1 aliphatic carbocycles. The van der Waals surface area contributed by atoms with Gasteiger partial charge >= 0.3 is 0 Å². The summed E-state index contributed by atoms with van der Waals surface area (Å²) in [7, 11) is 1.65. The quantitative estimate of drug-likeness (QED) is 0.871. The zero-order valence-corrected chi connectivity index (χ0v) is 11.7. The van der Waals surface area contributed by atoms with E-state index >= 15 is 0 Å². The molecule has 0 saturated heterocycles. The predicted molar refractivity (Wildman–Crippen MR) is 75.0 cm³/mol. The maximum atomic E-state index is 12.1. The molecule has 19 heavy (non-hydrogen) atoms. The first kappa shape index (κ1) is 13.9. The van der Waals surface area contributed by atoms with E-state index in [4.69, 9.17) is 10.5 Å². The first-order chi connectivity index (χ1) is 9.05. The number of rotatable bonds is 4. The van der Waals surface area contributed by atoms with Crippen LogP contribution < -0.4 is 15.8 Å². The fraction of sp³-hybridized carbons (Fsp3) is 0.533. The van der Waals surface area contributed by atoms with Gasteiger partial charge in [0.2, 0.25) is 5.91 Å². The second-order valence-electron chi connectivity index (χ2n) is 5.35. The summed E-state index contributed by atoms with van der Waals surface area (Å²) >= 11 is 0. The highest BCUT2D eigenvalue weighted by Gasteiger charge is 2.36. The fourth-order valence-electron chi connectivity index (χ4n) is 2.57. The number of carbonyl (C=O) groups excluding carboxylic acids is 1. The predicted octanol–water partition coefficient (Wildman–Crippen LogP) is 1.89. The molecule has 1 fully saturated rings. The van der Waals surface area contributed by atoms with Crippen molar-refractivity contribution in [3.8, 4) is 5.75 Å². The van der Waals surface area contributed by atoms with Gasteiger partial charge in [0.25, 0.3) is 0 Å². The molecular weight excluding hydrogens is 240 g/mol. The van der Waals surface area contributed by atoms with Gasteiger partial charge in [-0.15, -0.1) is 0 Å². The summed E-state index contributed by atoms with van der Waals surface area (Å²) < 4.78 is 5.27. The maximum Gasteiger partial charge on any atom is 0.240 e. The van der Waals surface area contributed by atoms with Crippen LogP contribution >= 0.6 is 0 Å². The third-order valence-corrected chi connectivity index (χ3v) is 3.87. The molecule has 0 bridgehead atoms. The van der Waals surface area contributed by atoms with Gasteiger partial charge in [-0.3, -0.25) is 4.79 Å². The van der Waals surface area contributed by atoms with Crippen LogP contribution in [0, 0.1) is 6.92 Å². The van der Waals surface area contributed by atoms with Crippen molar-refractivity contribution in [2.24, 2.45) is 5.73 Å². The molecule has 1 aromatic rings. The monoisotopic (exact) mass is 262 g/mol. The Kier molecular flexibility index (Phi) is 4.10. The van der Waals surface area contributed by atoms with Crippen molar-refractivity contribution in [3.63, 3.8) is 0 Å². The zero-order chi connectivity index (χ0) is 13.9. The van der Waals surface area contributed by atoms with Crippen LogP contribution in [0.15, 0.2) is 18.2 Å². The number of nitrogens with one attached hydrogen (secondary N) is 1. The number of carbonyl (C=O) groups is 1. The molecule has 0 aromatic heterocycles. The Morgan fingerprint density at radius 1 is 1.42 bits per heavy atom. The van der Waals surface area contributed by atoms with E-state index in [-0.39, 0.29) is 5.91 Å². The molecule has 104 valence electrons. The minimum absolute atomic E-state index is 0.0375. The molecule has 0 unspecified atom stereocenters. The maximum absolute atomic E-state index is 12.1. The molecule has 3 N–H and O–H groups in total. The summed E-state index contributed by atoms with van der Waals surface area (Å²) in [5, 5.41) is 2.93. The normalized spacial score (nSPS) is 17.2. The van der Waals surface area contributed by atoms with E-state index in [2.05, 4.69) is 5.32 Å². The minimum atomic E-state index is -0.658. The lowest BCUT2D eigenvalue weighted by Crippen LogP contribution is -2.51. The summed E-state index contributed by atoms with van der Waals surface area (Å²) in [5.41, 5.74) is 7.56. The van der Waals surface area contributed by atoms with Crippen molar-refractivity contribution in [2.45, 2.75) is 44.7 Å². The zero-order valence-electron chi connectivity index (χ0n) is 11.7. The van der Waals surface area contributed by atoms with Gasteiger partial charge in [0.1, 0.15) is 5.75 Å². The lowest BCUT2D eigenvalue weighted by atomic mass is 9.98. The van der Waals surface area contributed by atoms with E-state index in [9.17, 15) is 4.79 Å². The largest absolute Gasteiger partial charge is 0.496 e. The molecule has 0 atom stereocenters. The van der Waals surface area contributed by atoms with Crippen molar-refractivity contribution in [1.29, 1.82) is 0 Å². The van der Waals surface area contributed by atoms with E-state index in [0.717, 1.165) is 42.6 Å². The first-order valence-corrected chi connectivity index (χ1v) is 6.76. The van der Waals surface area contributed by atoms with Crippen LogP contribution in [0.5, 0.6) is 5.75 Å². The van der Waals surface area contributed by atoms with Crippen molar-refractivity contribution in [3.05, 3.63) is 29.3 Å². The van der Waals surface area contributed by atoms with Crippen molar-refractivity contribution in [1.82, 2.24) is 5.32 Å². The second-order valence-corrected chi connectivity index (χ2v) is 5.35. The highest BCUT2D eigenvalue weighted by molar-refractivity contribution is 5.86. The smallest absolute Gasteiger partial charge is 0.240 e. The van der Waals surface area contributed by atoms with Crippen LogP contribution in [0.3, 0.4) is 0 Å². The van der Waals surface area contributed by atoms with E-state index < -0.39 is 5.54 Å². The molecule has 0 spiro atoms. The number of methoxy groups -OCH3 is 1. The van der Waals surface area contributed by atoms with Gasteiger partial charge in [0.15, 0.2) is 0 Å². The molecule has 4 heteroatoms. The number of amides is 1. The van der Waals surface area contributed by atoms with Crippen LogP contribution in [0.2, 0.25) is 0 Å². The summed E-state index contributed by atoms with van der Waals surface area (Å²) in [6, 6.07) is 5.94. The standard InChI is InChI=1S/C15H22N2O2/c1-11-5-6-12(9-13(11)19-2)10-17-14(18)15(16)7-3-4-8-15/h5-6,9H,3-4,7-8,10,16H2,1-2H3,(H,17,18). The summed E-state index contributed by atoms with van der Waals surface area (Å²) in [6.07, 6.45) is 3.66. The Bertz CT molecular complexity index is 465. The summed E-state index contributed by atoms with van der Waals surface area (Å²) in [5.74, 6) is 0.805. The second kappa shape index (κ2) is 5.61. The lowest BCUT2D eigenvalue weighted by Gasteiger charge is -2.22. The number of benzene rings is 1. The van der Waals surface area contributed by atoms with Crippen molar-refractivity contribution < 1.29 is 9.53 Å². The van der Waals surface area contributed by atoms with Gasteiger partial charge in [-0.2, -0.15) is 0 Å². The molecule has 2 rings (SSSR count). The van der Waals surface area contributed by atoms with E-state index in [1.165, 1.54) is 0 Å². The molecular formula is C15H22N2O2. The average Bonchev–Trinajstić information content (AvgIpc) is 2.85. The molecule has 1 amide bonds. The van der Waals surface area contributed by atoms with E-state index in [1.807, 2.05) is 25.1 Å². The van der Waals surface area contributed by atoms with Crippen LogP contribution in [-0.4, -0.2) is 18.6 Å². The summed E-state index contributed by atoms with van der Waals surface area (Å²) in [4.78, 5) is 12.1. The van der Waals surface area contributed by atoms with Crippen LogP contribution in [0.4, 0.5) is 0 Å².